The van der Waals surface area contributed by atoms with Crippen molar-refractivity contribution in [1.29, 1.82) is 0 Å². The summed E-state index contributed by atoms with van der Waals surface area (Å²) in [4.78, 5) is 16.0. The number of rotatable bonds is 3. The summed E-state index contributed by atoms with van der Waals surface area (Å²) in [7, 11) is 1.44. The number of pyridine rings is 1. The van der Waals surface area contributed by atoms with Crippen LogP contribution in [0, 0.1) is 5.82 Å². The van der Waals surface area contributed by atoms with Gasteiger partial charge in [0.05, 0.1) is 11.6 Å². The molecule has 0 atom stereocenters. The lowest BCUT2D eigenvalue weighted by Gasteiger charge is -2.08. The summed E-state index contributed by atoms with van der Waals surface area (Å²) < 4.78 is 18.4. The summed E-state index contributed by atoms with van der Waals surface area (Å²) >= 11 is 3.06. The van der Waals surface area contributed by atoms with Crippen LogP contribution in [0.5, 0.6) is 5.88 Å². The fraction of sp³-hybridized carbons (Fsp3) is 0.0769. The highest BCUT2D eigenvalue weighted by atomic mass is 79.9. The predicted molar refractivity (Wildman–Crippen MR) is 72.8 cm³/mol. The number of amides is 1. The molecule has 98 valence electrons. The molecule has 19 heavy (non-hydrogen) atoms. The van der Waals surface area contributed by atoms with Gasteiger partial charge in [0, 0.05) is 11.9 Å². The van der Waals surface area contributed by atoms with Crippen molar-refractivity contribution in [3.05, 3.63) is 52.4 Å². The van der Waals surface area contributed by atoms with Gasteiger partial charge in [0.2, 0.25) is 5.88 Å². The molecule has 0 aliphatic carbocycles. The molecule has 1 N–H and O–H groups in total. The first kappa shape index (κ1) is 13.5. The zero-order valence-corrected chi connectivity index (χ0v) is 11.6. The van der Waals surface area contributed by atoms with E-state index in [1.807, 2.05) is 0 Å². The quantitative estimate of drug-likeness (QED) is 0.942. The number of hydrogen-bond acceptors (Lipinski definition) is 3. The maximum absolute atomic E-state index is 13.1. The van der Waals surface area contributed by atoms with Crippen molar-refractivity contribution in [2.75, 3.05) is 12.4 Å². The summed E-state index contributed by atoms with van der Waals surface area (Å²) in [6, 6.07) is 7.45. The van der Waals surface area contributed by atoms with Crippen LogP contribution in [0.15, 0.2) is 41.0 Å². The first-order chi connectivity index (χ1) is 9.11. The van der Waals surface area contributed by atoms with Crippen LogP contribution in [-0.4, -0.2) is 18.0 Å². The Morgan fingerprint density at radius 2 is 2.21 bits per heavy atom. The van der Waals surface area contributed by atoms with Gasteiger partial charge in [-0.05, 0) is 46.3 Å². The van der Waals surface area contributed by atoms with Crippen molar-refractivity contribution in [1.82, 2.24) is 4.98 Å². The first-order valence-electron chi connectivity index (χ1n) is 5.37. The Morgan fingerprint density at radius 3 is 2.89 bits per heavy atom. The molecule has 0 saturated heterocycles. The van der Waals surface area contributed by atoms with Crippen LogP contribution in [0.25, 0.3) is 0 Å². The second kappa shape index (κ2) is 5.79. The van der Waals surface area contributed by atoms with E-state index in [4.69, 9.17) is 4.74 Å². The summed E-state index contributed by atoms with van der Waals surface area (Å²) in [6.07, 6.45) is 1.53. The van der Waals surface area contributed by atoms with Gasteiger partial charge in [0.15, 0.2) is 0 Å². The van der Waals surface area contributed by atoms with Gasteiger partial charge in [-0.2, -0.15) is 0 Å². The van der Waals surface area contributed by atoms with E-state index in [9.17, 15) is 9.18 Å². The number of methoxy groups -OCH3 is 1. The number of anilines is 1. The fourth-order valence-corrected chi connectivity index (χ4v) is 1.88. The molecule has 0 radical (unpaired) electrons. The van der Waals surface area contributed by atoms with Gasteiger partial charge in [0.25, 0.3) is 5.91 Å². The summed E-state index contributed by atoms with van der Waals surface area (Å²) in [5, 5.41) is 2.65. The van der Waals surface area contributed by atoms with Crippen molar-refractivity contribution >= 4 is 27.5 Å². The molecule has 1 amide bonds. The molecule has 0 fully saturated rings. The normalized spacial score (nSPS) is 10.1. The van der Waals surface area contributed by atoms with E-state index in [1.54, 1.807) is 12.1 Å². The number of nitrogens with zero attached hydrogens (tertiary/aromatic N) is 1. The molecular formula is C13H10BrFN2O2. The number of carbonyl (C=O) groups is 1. The molecule has 1 heterocycles. The molecule has 6 heteroatoms. The number of nitrogens with one attached hydrogen (secondary N) is 1. The Hall–Kier alpha value is -1.95. The third kappa shape index (κ3) is 3.08. The van der Waals surface area contributed by atoms with Crippen LogP contribution < -0.4 is 10.1 Å². The Bertz CT molecular complexity index is 619. The molecule has 0 aliphatic rings. The lowest BCUT2D eigenvalue weighted by Crippen LogP contribution is -2.13. The lowest BCUT2D eigenvalue weighted by atomic mass is 10.2. The van der Waals surface area contributed by atoms with Crippen molar-refractivity contribution in [3.8, 4) is 5.88 Å². The van der Waals surface area contributed by atoms with Gasteiger partial charge < -0.3 is 10.1 Å². The SMILES string of the molecule is COc1ncccc1C(=O)Nc1ccc(F)c(Br)c1. The minimum absolute atomic E-state index is 0.237. The smallest absolute Gasteiger partial charge is 0.261 e. The minimum atomic E-state index is -0.392. The zero-order chi connectivity index (χ0) is 13.8. The maximum atomic E-state index is 13.1. The van der Waals surface area contributed by atoms with Crippen LogP contribution in [0.1, 0.15) is 10.4 Å². The Kier molecular flexibility index (Phi) is 4.11. The topological polar surface area (TPSA) is 51.2 Å². The van der Waals surface area contributed by atoms with Gasteiger partial charge in [-0.1, -0.05) is 0 Å². The van der Waals surface area contributed by atoms with Gasteiger partial charge in [-0.15, -0.1) is 0 Å². The van der Waals surface area contributed by atoms with Crippen molar-refractivity contribution < 1.29 is 13.9 Å². The molecule has 0 unspecified atom stereocenters. The van der Waals surface area contributed by atoms with Gasteiger partial charge in [0.1, 0.15) is 11.4 Å². The molecule has 2 rings (SSSR count). The maximum Gasteiger partial charge on any atom is 0.261 e. The summed E-state index contributed by atoms with van der Waals surface area (Å²) in [5.74, 6) is -0.526. The molecule has 1 aromatic heterocycles. The molecule has 0 bridgehead atoms. The molecule has 0 aliphatic heterocycles. The second-order valence-electron chi connectivity index (χ2n) is 3.64. The number of hydrogen-bond donors (Lipinski definition) is 1. The van der Waals surface area contributed by atoms with E-state index < -0.39 is 5.82 Å². The van der Waals surface area contributed by atoms with Crippen LogP contribution in [0.2, 0.25) is 0 Å². The van der Waals surface area contributed by atoms with E-state index in [0.717, 1.165) is 0 Å². The highest BCUT2D eigenvalue weighted by molar-refractivity contribution is 9.10. The number of aromatic nitrogens is 1. The van der Waals surface area contributed by atoms with E-state index in [-0.39, 0.29) is 16.3 Å². The number of ether oxygens (including phenoxy) is 1. The average Bonchev–Trinajstić information content (AvgIpc) is 2.43. The number of benzene rings is 1. The lowest BCUT2D eigenvalue weighted by molar-refractivity contribution is 0.102. The Labute approximate surface area is 117 Å². The molecule has 0 saturated carbocycles. The number of halogens is 2. The minimum Gasteiger partial charge on any atom is -0.480 e. The monoisotopic (exact) mass is 324 g/mol. The third-order valence-electron chi connectivity index (χ3n) is 2.39. The zero-order valence-electron chi connectivity index (χ0n) is 9.98. The second-order valence-corrected chi connectivity index (χ2v) is 4.50. The highest BCUT2D eigenvalue weighted by Gasteiger charge is 2.13. The van der Waals surface area contributed by atoms with Gasteiger partial charge in [-0.25, -0.2) is 9.37 Å². The van der Waals surface area contributed by atoms with Crippen molar-refractivity contribution in [3.63, 3.8) is 0 Å². The highest BCUT2D eigenvalue weighted by Crippen LogP contribution is 2.21. The van der Waals surface area contributed by atoms with Crippen molar-refractivity contribution in [2.45, 2.75) is 0 Å². The standard InChI is InChI=1S/C13H10BrFN2O2/c1-19-13-9(3-2-6-16-13)12(18)17-8-4-5-11(15)10(14)7-8/h2-7H,1H3,(H,17,18). The molecule has 1 aromatic carbocycles. The first-order valence-corrected chi connectivity index (χ1v) is 6.16. The van der Waals surface area contributed by atoms with Crippen LogP contribution in [-0.2, 0) is 0 Å². The Morgan fingerprint density at radius 1 is 1.42 bits per heavy atom. The molecule has 2 aromatic rings. The van der Waals surface area contributed by atoms with Crippen molar-refractivity contribution in [2.24, 2.45) is 0 Å². The Balaban J connectivity index is 2.23. The third-order valence-corrected chi connectivity index (χ3v) is 2.99. The number of carbonyl (C=O) groups excluding carboxylic acids is 1. The van der Waals surface area contributed by atoms with E-state index in [2.05, 4.69) is 26.2 Å². The van der Waals surface area contributed by atoms with E-state index in [0.29, 0.717) is 11.3 Å². The van der Waals surface area contributed by atoms with E-state index >= 15 is 0 Å². The van der Waals surface area contributed by atoms with E-state index in [1.165, 1.54) is 31.5 Å². The van der Waals surface area contributed by atoms with Crippen LogP contribution in [0.3, 0.4) is 0 Å². The molecule has 4 nitrogen and oxygen atoms in total. The van der Waals surface area contributed by atoms with Crippen LogP contribution >= 0.6 is 15.9 Å². The average molecular weight is 325 g/mol. The predicted octanol–water partition coefficient (Wildman–Crippen LogP) is 3.24. The molecular weight excluding hydrogens is 315 g/mol. The van der Waals surface area contributed by atoms with Gasteiger partial charge in [-0.3, -0.25) is 4.79 Å². The molecule has 0 spiro atoms. The summed E-state index contributed by atoms with van der Waals surface area (Å²) in [6.45, 7) is 0. The van der Waals surface area contributed by atoms with Crippen LogP contribution in [0.4, 0.5) is 10.1 Å². The summed E-state index contributed by atoms with van der Waals surface area (Å²) in [5.41, 5.74) is 0.787. The largest absolute Gasteiger partial charge is 0.480 e. The fourth-order valence-electron chi connectivity index (χ4n) is 1.50. The van der Waals surface area contributed by atoms with Gasteiger partial charge >= 0.3 is 0 Å².